The number of likely N-dealkylation sites (tertiary alicyclic amines) is 1. The normalized spacial score (nSPS) is 16.0. The number of halogens is 2. The zero-order chi connectivity index (χ0) is 14.9. The molecule has 0 amide bonds. The predicted molar refractivity (Wildman–Crippen MR) is 105 cm³/mol. The molecule has 0 bridgehead atoms. The fraction of sp³-hybridized carbons (Fsp3) is 0.562. The van der Waals surface area contributed by atoms with Crippen molar-refractivity contribution in [1.29, 1.82) is 0 Å². The van der Waals surface area contributed by atoms with Gasteiger partial charge in [-0.2, -0.15) is 11.8 Å². The van der Waals surface area contributed by atoms with Crippen molar-refractivity contribution >= 4 is 41.7 Å². The van der Waals surface area contributed by atoms with Crippen LogP contribution in [0.4, 0.5) is 4.39 Å². The van der Waals surface area contributed by atoms with Crippen molar-refractivity contribution < 1.29 is 4.39 Å². The Balaban J connectivity index is 0.00000242. The summed E-state index contributed by atoms with van der Waals surface area (Å²) < 4.78 is 13.4. The van der Waals surface area contributed by atoms with E-state index < -0.39 is 0 Å². The minimum absolute atomic E-state index is 0. The maximum Gasteiger partial charge on any atom is 0.191 e. The van der Waals surface area contributed by atoms with Crippen molar-refractivity contribution in [3.8, 4) is 0 Å². The highest BCUT2D eigenvalue weighted by molar-refractivity contribution is 14.0. The van der Waals surface area contributed by atoms with Crippen molar-refractivity contribution in [2.24, 2.45) is 10.7 Å². The third-order valence-electron chi connectivity index (χ3n) is 3.65. The van der Waals surface area contributed by atoms with Crippen LogP contribution in [-0.2, 0) is 5.75 Å². The van der Waals surface area contributed by atoms with E-state index in [1.165, 1.54) is 31.7 Å². The highest BCUT2D eigenvalue weighted by Gasteiger charge is 2.10. The SMILES string of the molecule is I.NC(=NCCSCc1ccccc1F)N1CCCCCC1. The molecule has 1 aliphatic heterocycles. The van der Waals surface area contributed by atoms with Crippen LogP contribution in [-0.4, -0.2) is 36.2 Å². The number of benzene rings is 1. The molecule has 1 saturated heterocycles. The van der Waals surface area contributed by atoms with Crippen LogP contribution in [0.1, 0.15) is 31.2 Å². The standard InChI is InChI=1S/C16H24FN3S.HI/c17-15-8-4-3-7-14(15)13-21-12-9-19-16(18)20-10-5-1-2-6-11-20;/h3-4,7-8H,1-2,5-6,9-13H2,(H2,18,19);1H. The van der Waals surface area contributed by atoms with Gasteiger partial charge in [0.2, 0.25) is 0 Å². The van der Waals surface area contributed by atoms with Crippen LogP contribution in [0.15, 0.2) is 29.3 Å². The molecule has 22 heavy (non-hydrogen) atoms. The zero-order valence-electron chi connectivity index (χ0n) is 12.8. The first-order chi connectivity index (χ1) is 10.3. The van der Waals surface area contributed by atoms with E-state index in [9.17, 15) is 4.39 Å². The zero-order valence-corrected chi connectivity index (χ0v) is 16.0. The summed E-state index contributed by atoms with van der Waals surface area (Å²) in [6.07, 6.45) is 5.00. The van der Waals surface area contributed by atoms with E-state index in [1.807, 2.05) is 12.1 Å². The molecule has 0 saturated carbocycles. The third-order valence-corrected chi connectivity index (χ3v) is 4.64. The molecule has 0 aliphatic carbocycles. The molecule has 2 rings (SSSR count). The van der Waals surface area contributed by atoms with E-state index in [0.717, 1.165) is 24.4 Å². The smallest absolute Gasteiger partial charge is 0.191 e. The number of thioether (sulfide) groups is 1. The lowest BCUT2D eigenvalue weighted by molar-refractivity contribution is 0.429. The van der Waals surface area contributed by atoms with Crippen molar-refractivity contribution in [2.75, 3.05) is 25.4 Å². The van der Waals surface area contributed by atoms with Crippen molar-refractivity contribution in [3.05, 3.63) is 35.6 Å². The van der Waals surface area contributed by atoms with Crippen LogP contribution in [0.25, 0.3) is 0 Å². The minimum Gasteiger partial charge on any atom is -0.370 e. The molecule has 1 fully saturated rings. The summed E-state index contributed by atoms with van der Waals surface area (Å²) in [7, 11) is 0. The molecule has 0 atom stereocenters. The lowest BCUT2D eigenvalue weighted by Gasteiger charge is -2.21. The molecule has 2 N–H and O–H groups in total. The first kappa shape index (κ1) is 19.5. The number of nitrogens with two attached hydrogens (primary N) is 1. The number of nitrogens with zero attached hydrogens (tertiary/aromatic N) is 2. The monoisotopic (exact) mass is 437 g/mol. The van der Waals surface area contributed by atoms with Gasteiger partial charge in [-0.3, -0.25) is 4.99 Å². The van der Waals surface area contributed by atoms with E-state index >= 15 is 0 Å². The topological polar surface area (TPSA) is 41.6 Å². The summed E-state index contributed by atoms with van der Waals surface area (Å²) in [5.41, 5.74) is 6.80. The fourth-order valence-electron chi connectivity index (χ4n) is 2.42. The molecule has 6 heteroatoms. The summed E-state index contributed by atoms with van der Waals surface area (Å²) >= 11 is 1.69. The van der Waals surface area contributed by atoms with Crippen LogP contribution in [0, 0.1) is 5.82 Å². The molecule has 0 aromatic heterocycles. The Kier molecular flexibility index (Phi) is 9.86. The molecule has 1 aliphatic rings. The van der Waals surface area contributed by atoms with Gasteiger partial charge in [-0.15, -0.1) is 24.0 Å². The number of guanidine groups is 1. The maximum atomic E-state index is 13.4. The second-order valence-electron chi connectivity index (χ2n) is 5.29. The highest BCUT2D eigenvalue weighted by Crippen LogP contribution is 2.15. The van der Waals surface area contributed by atoms with Crippen molar-refractivity contribution in [1.82, 2.24) is 4.90 Å². The van der Waals surface area contributed by atoms with Gasteiger partial charge in [-0.1, -0.05) is 31.0 Å². The molecule has 1 heterocycles. The Morgan fingerprint density at radius 1 is 1.18 bits per heavy atom. The first-order valence-electron chi connectivity index (χ1n) is 7.63. The van der Waals surface area contributed by atoms with E-state index in [1.54, 1.807) is 17.8 Å². The highest BCUT2D eigenvalue weighted by atomic mass is 127. The van der Waals surface area contributed by atoms with Gasteiger partial charge in [0.1, 0.15) is 5.82 Å². The molecular weight excluding hydrogens is 412 g/mol. The van der Waals surface area contributed by atoms with Crippen LogP contribution < -0.4 is 5.73 Å². The quantitative estimate of drug-likeness (QED) is 0.329. The van der Waals surface area contributed by atoms with Gasteiger partial charge in [0.15, 0.2) is 5.96 Å². The number of rotatable bonds is 5. The van der Waals surface area contributed by atoms with E-state index in [2.05, 4.69) is 9.89 Å². The predicted octanol–water partition coefficient (Wildman–Crippen LogP) is 3.87. The Hall–Kier alpha value is -0.500. The largest absolute Gasteiger partial charge is 0.370 e. The van der Waals surface area contributed by atoms with Crippen LogP contribution in [0.3, 0.4) is 0 Å². The molecule has 3 nitrogen and oxygen atoms in total. The lowest BCUT2D eigenvalue weighted by Crippen LogP contribution is -2.38. The molecule has 124 valence electrons. The Morgan fingerprint density at radius 2 is 1.86 bits per heavy atom. The van der Waals surface area contributed by atoms with Gasteiger partial charge in [0, 0.05) is 24.6 Å². The van der Waals surface area contributed by atoms with Gasteiger partial charge in [0.25, 0.3) is 0 Å². The second kappa shape index (κ2) is 11.1. The summed E-state index contributed by atoms with van der Waals surface area (Å²) in [5.74, 6) is 2.09. The van der Waals surface area contributed by atoms with Crippen molar-refractivity contribution in [2.45, 2.75) is 31.4 Å². The van der Waals surface area contributed by atoms with E-state index in [0.29, 0.717) is 18.3 Å². The van der Waals surface area contributed by atoms with Gasteiger partial charge in [0.05, 0.1) is 6.54 Å². The van der Waals surface area contributed by atoms with E-state index in [-0.39, 0.29) is 29.8 Å². The average Bonchev–Trinajstić information content (AvgIpc) is 2.77. The molecular formula is C16H25FIN3S. The molecule has 0 radical (unpaired) electrons. The van der Waals surface area contributed by atoms with Gasteiger partial charge in [-0.05, 0) is 24.5 Å². The Labute approximate surface area is 154 Å². The summed E-state index contributed by atoms with van der Waals surface area (Å²) in [6, 6.07) is 6.92. The number of aliphatic imine (C=N–C) groups is 1. The van der Waals surface area contributed by atoms with Crippen LogP contribution in [0.2, 0.25) is 0 Å². The number of hydrogen-bond acceptors (Lipinski definition) is 2. The van der Waals surface area contributed by atoms with E-state index in [4.69, 9.17) is 5.73 Å². The average molecular weight is 437 g/mol. The minimum atomic E-state index is -0.127. The van der Waals surface area contributed by atoms with Crippen LogP contribution >= 0.6 is 35.7 Å². The second-order valence-corrected chi connectivity index (χ2v) is 6.39. The first-order valence-corrected chi connectivity index (χ1v) is 8.79. The molecule has 0 unspecified atom stereocenters. The fourth-order valence-corrected chi connectivity index (χ4v) is 3.24. The Morgan fingerprint density at radius 3 is 2.55 bits per heavy atom. The summed E-state index contributed by atoms with van der Waals surface area (Å²) in [6.45, 7) is 2.75. The lowest BCUT2D eigenvalue weighted by atomic mass is 10.2. The maximum absolute atomic E-state index is 13.4. The number of hydrogen-bond donors (Lipinski definition) is 1. The van der Waals surface area contributed by atoms with Crippen molar-refractivity contribution in [3.63, 3.8) is 0 Å². The van der Waals surface area contributed by atoms with Crippen LogP contribution in [0.5, 0.6) is 0 Å². The van der Waals surface area contributed by atoms with Gasteiger partial charge in [-0.25, -0.2) is 4.39 Å². The molecule has 1 aromatic rings. The third kappa shape index (κ3) is 6.73. The summed E-state index contributed by atoms with van der Waals surface area (Å²) in [5, 5.41) is 0. The Bertz CT molecular complexity index is 462. The van der Waals surface area contributed by atoms with Gasteiger partial charge < -0.3 is 10.6 Å². The molecule has 0 spiro atoms. The molecule has 1 aromatic carbocycles. The summed E-state index contributed by atoms with van der Waals surface area (Å²) in [4.78, 5) is 6.64. The van der Waals surface area contributed by atoms with Gasteiger partial charge >= 0.3 is 0 Å².